The van der Waals surface area contributed by atoms with E-state index in [1.54, 1.807) is 67.5 Å². The van der Waals surface area contributed by atoms with Gasteiger partial charge in [-0.1, -0.05) is 102 Å². The number of carbonyl (C=O) groups is 12. The molecule has 0 saturated carbocycles. The van der Waals surface area contributed by atoms with Crippen LogP contribution in [0.15, 0.2) is 12.2 Å². The highest BCUT2D eigenvalue weighted by Crippen LogP contribution is 2.24. The molecule has 24 heteroatoms. The Morgan fingerprint density at radius 2 is 0.872 bits per heavy atom. The number of aliphatic hydroxyl groups excluding tert-OH is 1. The van der Waals surface area contributed by atoms with Gasteiger partial charge in [0.05, 0.1) is 12.6 Å². The third kappa shape index (κ3) is 21.4. The van der Waals surface area contributed by atoms with Gasteiger partial charge >= 0.3 is 0 Å². The van der Waals surface area contributed by atoms with Crippen molar-refractivity contribution in [3.8, 4) is 0 Å². The van der Waals surface area contributed by atoms with Gasteiger partial charge in [0.25, 0.3) is 5.91 Å². The van der Waals surface area contributed by atoms with Crippen molar-refractivity contribution in [3.63, 3.8) is 0 Å². The van der Waals surface area contributed by atoms with Crippen molar-refractivity contribution in [2.24, 2.45) is 41.4 Å². The van der Waals surface area contributed by atoms with Crippen LogP contribution in [0.3, 0.4) is 0 Å². The predicted molar refractivity (Wildman–Crippen MR) is 329 cm³/mol. The zero-order chi connectivity index (χ0) is 66.8. The fraction of sp³-hybridized carbons (Fsp3) is 0.774. The molecule has 12 atom stereocenters. The highest BCUT2D eigenvalue weighted by atomic mass is 16.3. The van der Waals surface area contributed by atoms with E-state index in [0.717, 1.165) is 19.6 Å². The standard InChI is InChI=1S/C62H109N11O13/c1-25-26-27-39(14)52(76)51-56(80)66-48(36(8)9)60(84)67(18)32-47(75)68(19)43(28-33(2)3)55(79)65-49(37(10)11)61(85)69(20)44(29-34(4)5)54(78)63-41(16)53(77)64-42(17)57(81)70(21)45(30-35(6)7)58(82)71(22)46(31-40(15)74)59(83)72(23)50(38(12)13)62(86)73(51)24/h25-26,33-46,48-51,74H,27-32H2,1-24H3,(H,63,78)(H,64,77)(H,65,79)(H,66,80)/b26-25+/t39-,40?,41+,42-,43+,44+,45+,46+,48?,49?,50?,51+/m1/s1. The third-order valence-corrected chi connectivity index (χ3v) is 15.9. The summed E-state index contributed by atoms with van der Waals surface area (Å²) < 4.78 is 0. The van der Waals surface area contributed by atoms with Crippen LogP contribution in [0.25, 0.3) is 0 Å². The number of allylic oxidation sites excluding steroid dienone is 2. The van der Waals surface area contributed by atoms with Gasteiger partial charge in [0.1, 0.15) is 54.4 Å². The predicted octanol–water partition coefficient (Wildman–Crippen LogP) is 2.45. The van der Waals surface area contributed by atoms with E-state index < -0.39 is 168 Å². The minimum Gasteiger partial charge on any atom is -0.393 e. The molecule has 1 aliphatic heterocycles. The van der Waals surface area contributed by atoms with E-state index in [0.29, 0.717) is 0 Å². The zero-order valence-electron chi connectivity index (χ0n) is 56.3. The Labute approximate surface area is 513 Å². The first-order valence-corrected chi connectivity index (χ1v) is 30.5. The second kappa shape index (κ2) is 34.8. The van der Waals surface area contributed by atoms with E-state index in [4.69, 9.17) is 0 Å². The van der Waals surface area contributed by atoms with Crippen molar-refractivity contribution in [1.29, 1.82) is 0 Å². The van der Waals surface area contributed by atoms with Gasteiger partial charge in [-0.2, -0.15) is 0 Å². The van der Waals surface area contributed by atoms with Crippen LogP contribution in [-0.2, 0) is 57.5 Å². The van der Waals surface area contributed by atoms with Gasteiger partial charge in [-0.25, -0.2) is 0 Å². The Morgan fingerprint density at radius 1 is 0.465 bits per heavy atom. The summed E-state index contributed by atoms with van der Waals surface area (Å²) >= 11 is 0. The van der Waals surface area contributed by atoms with E-state index >= 15 is 9.59 Å². The van der Waals surface area contributed by atoms with Gasteiger partial charge in [0, 0.05) is 61.7 Å². The molecule has 0 aromatic heterocycles. The van der Waals surface area contributed by atoms with Crippen molar-refractivity contribution in [3.05, 3.63) is 12.2 Å². The maximum absolute atomic E-state index is 15.1. The van der Waals surface area contributed by atoms with Gasteiger partial charge in [0.15, 0.2) is 11.8 Å². The Hall–Kier alpha value is -6.46. The van der Waals surface area contributed by atoms with Crippen LogP contribution in [0, 0.1) is 41.4 Å². The molecule has 24 nitrogen and oxygen atoms in total. The minimum absolute atomic E-state index is 0.0872. The van der Waals surface area contributed by atoms with Crippen LogP contribution in [0.1, 0.15) is 150 Å². The molecule has 0 bridgehead atoms. The zero-order valence-corrected chi connectivity index (χ0v) is 56.3. The quantitative estimate of drug-likeness (QED) is 0.117. The minimum atomic E-state index is -1.86. The number of amides is 11. The van der Waals surface area contributed by atoms with Crippen LogP contribution in [-0.4, -0.2) is 233 Å². The van der Waals surface area contributed by atoms with E-state index in [1.807, 2.05) is 41.5 Å². The van der Waals surface area contributed by atoms with Gasteiger partial charge < -0.3 is 60.7 Å². The molecule has 86 heavy (non-hydrogen) atoms. The summed E-state index contributed by atoms with van der Waals surface area (Å²) in [7, 11) is 9.48. The highest BCUT2D eigenvalue weighted by molar-refractivity contribution is 6.10. The number of aliphatic hydroxyl groups is 1. The lowest BCUT2D eigenvalue weighted by molar-refractivity contribution is -0.157. The molecule has 0 aromatic rings. The summed E-state index contributed by atoms with van der Waals surface area (Å²) in [4.78, 5) is 183. The normalized spacial score (nSPS) is 26.7. The lowest BCUT2D eigenvalue weighted by Gasteiger charge is -2.40. The first kappa shape index (κ1) is 77.6. The SMILES string of the molecule is C/C=C/C[C@@H](C)C(=O)[C@H]1C(=O)NC(C(C)C)C(=O)N(C)CC(=O)N(C)[C@@H](CC(C)C)C(=O)NC(C(C)C)C(=O)N(C)[C@@H](CC(C)C)C(=O)N[C@@H](C)C(=O)N[C@H](C)C(=O)N(C)[C@@H](CC(C)C)C(=O)N(C)[C@@H](CC(C)O)C(=O)N(C)C(C(C)C)C(=O)N1C. The van der Waals surface area contributed by atoms with Crippen LogP contribution in [0.5, 0.6) is 0 Å². The number of likely N-dealkylation sites (N-methyl/N-ethyl adjacent to an activating group) is 7. The van der Waals surface area contributed by atoms with Gasteiger partial charge in [-0.05, 0) is 88.9 Å². The number of Topliss-reactive ketones (excluding diaryl/α,β-unsaturated/α-hetero) is 1. The van der Waals surface area contributed by atoms with Gasteiger partial charge in [-0.15, -0.1) is 0 Å². The van der Waals surface area contributed by atoms with E-state index in [2.05, 4.69) is 21.3 Å². The summed E-state index contributed by atoms with van der Waals surface area (Å²) in [6, 6.07) is -13.3. The summed E-state index contributed by atoms with van der Waals surface area (Å²) in [5.74, 6) is -12.1. The first-order chi connectivity index (χ1) is 39.6. The number of nitrogens with one attached hydrogen (secondary N) is 4. The molecule has 5 N–H and O–H groups in total. The second-order valence-corrected chi connectivity index (χ2v) is 26.1. The summed E-state index contributed by atoms with van der Waals surface area (Å²) in [6.07, 6.45) is 2.51. The van der Waals surface area contributed by atoms with Crippen molar-refractivity contribution in [2.45, 2.75) is 216 Å². The van der Waals surface area contributed by atoms with Crippen molar-refractivity contribution in [1.82, 2.24) is 55.6 Å². The molecule has 1 rings (SSSR count). The van der Waals surface area contributed by atoms with Crippen molar-refractivity contribution < 1.29 is 62.6 Å². The fourth-order valence-electron chi connectivity index (χ4n) is 10.5. The first-order valence-electron chi connectivity index (χ1n) is 30.5. The molecule has 4 unspecified atom stereocenters. The highest BCUT2D eigenvalue weighted by Gasteiger charge is 2.46. The Bertz CT molecular complexity index is 2410. The molecule has 1 fully saturated rings. The number of hydrogen-bond acceptors (Lipinski definition) is 13. The summed E-state index contributed by atoms with van der Waals surface area (Å²) in [5.41, 5.74) is 0. The maximum atomic E-state index is 15.1. The van der Waals surface area contributed by atoms with Crippen LogP contribution < -0.4 is 21.3 Å². The monoisotopic (exact) mass is 1220 g/mol. The number of carbonyl (C=O) groups excluding carboxylic acids is 12. The molecule has 490 valence electrons. The summed E-state index contributed by atoms with van der Waals surface area (Å²) in [5, 5.41) is 21.7. The lowest BCUT2D eigenvalue weighted by atomic mass is 9.92. The van der Waals surface area contributed by atoms with E-state index in [-0.39, 0.29) is 49.9 Å². The number of rotatable bonds is 15. The smallest absolute Gasteiger partial charge is 0.251 e. The van der Waals surface area contributed by atoms with E-state index in [1.165, 1.54) is 84.8 Å². The largest absolute Gasteiger partial charge is 0.393 e. The summed E-state index contributed by atoms with van der Waals surface area (Å²) in [6.45, 7) is 28.1. The van der Waals surface area contributed by atoms with Crippen LogP contribution >= 0.6 is 0 Å². The molecule has 0 spiro atoms. The fourth-order valence-corrected chi connectivity index (χ4v) is 10.5. The molecule has 1 heterocycles. The topological polar surface area (TPSA) is 296 Å². The van der Waals surface area contributed by atoms with Crippen molar-refractivity contribution in [2.75, 3.05) is 55.9 Å². The molecular weight excluding hydrogens is 1110 g/mol. The van der Waals surface area contributed by atoms with Crippen LogP contribution in [0.2, 0.25) is 0 Å². The second-order valence-electron chi connectivity index (χ2n) is 26.1. The molecule has 0 aromatic carbocycles. The van der Waals surface area contributed by atoms with Gasteiger partial charge in [-0.3, -0.25) is 57.5 Å². The molecule has 0 aliphatic carbocycles. The number of hydrogen-bond donors (Lipinski definition) is 5. The molecule has 11 amide bonds. The molecular formula is C62H109N11O13. The average Bonchev–Trinajstić information content (AvgIpc) is 2.16. The maximum Gasteiger partial charge on any atom is 0.251 e. The van der Waals surface area contributed by atoms with E-state index in [9.17, 15) is 53.1 Å². The average molecular weight is 1220 g/mol. The lowest BCUT2D eigenvalue weighted by Crippen LogP contribution is -2.63. The Balaban J connectivity index is 4.37. The van der Waals surface area contributed by atoms with Crippen LogP contribution in [0.4, 0.5) is 0 Å². The third-order valence-electron chi connectivity index (χ3n) is 15.9. The molecule has 1 saturated heterocycles. The number of nitrogens with zero attached hydrogens (tertiary/aromatic N) is 7. The van der Waals surface area contributed by atoms with Crippen molar-refractivity contribution >= 4 is 70.8 Å². The molecule has 0 radical (unpaired) electrons. The Morgan fingerprint density at radius 3 is 1.34 bits per heavy atom. The molecule has 1 aliphatic rings. The Kier molecular flexibility index (Phi) is 31.4. The van der Waals surface area contributed by atoms with Gasteiger partial charge in [0.2, 0.25) is 59.1 Å². The number of ketones is 1.